The SMILES string of the molecule is c1ccc(-c2cc(-c3ccccc3)nc(-c3ccc(-n4c(-c5ccc(-n6c7ccccc7c7ccccc76)cc5)nc5cc6oc7ccccc7c6cc54)cc3)n2)cc1. The molecule has 0 amide bonds. The summed E-state index contributed by atoms with van der Waals surface area (Å²) in [5, 5.41) is 4.61. The standard InChI is InChI=1S/C53H33N5O/c1-3-13-34(14-4-1)44-32-45(35-15-5-2-6-16-35)55-52(54-44)36-23-27-39(28-24-36)58-49-31-43-42-19-9-12-22-50(42)59-51(43)33-46(49)56-53(58)37-25-29-38(30-26-37)57-47-20-10-7-17-40(47)41-18-8-11-21-48(41)57/h1-33H. The van der Waals surface area contributed by atoms with Gasteiger partial charge in [-0.2, -0.15) is 0 Å². The van der Waals surface area contributed by atoms with Crippen molar-refractivity contribution in [3.63, 3.8) is 0 Å². The maximum Gasteiger partial charge on any atom is 0.160 e. The van der Waals surface area contributed by atoms with Crippen molar-refractivity contribution in [2.24, 2.45) is 0 Å². The van der Waals surface area contributed by atoms with Gasteiger partial charge in [-0.25, -0.2) is 15.0 Å². The van der Waals surface area contributed by atoms with E-state index in [4.69, 9.17) is 19.4 Å². The first kappa shape index (κ1) is 33.1. The first-order valence-corrected chi connectivity index (χ1v) is 19.8. The van der Waals surface area contributed by atoms with Crippen LogP contribution in [0.25, 0.3) is 111 Å². The van der Waals surface area contributed by atoms with E-state index < -0.39 is 0 Å². The molecule has 0 saturated heterocycles. The van der Waals surface area contributed by atoms with Crippen LogP contribution in [0.15, 0.2) is 205 Å². The van der Waals surface area contributed by atoms with Crippen molar-refractivity contribution in [1.29, 1.82) is 0 Å². The highest BCUT2D eigenvalue weighted by atomic mass is 16.3. The molecule has 0 radical (unpaired) electrons. The highest BCUT2D eigenvalue weighted by Crippen LogP contribution is 2.38. The highest BCUT2D eigenvalue weighted by Gasteiger charge is 2.20. The van der Waals surface area contributed by atoms with Crippen LogP contribution in [0.5, 0.6) is 0 Å². The van der Waals surface area contributed by atoms with Crippen LogP contribution in [0.2, 0.25) is 0 Å². The van der Waals surface area contributed by atoms with Crippen molar-refractivity contribution in [2.75, 3.05) is 0 Å². The third-order valence-corrected chi connectivity index (χ3v) is 11.4. The summed E-state index contributed by atoms with van der Waals surface area (Å²) in [5.41, 5.74) is 13.7. The summed E-state index contributed by atoms with van der Waals surface area (Å²) in [7, 11) is 0. The Bertz CT molecular complexity index is 3420. The fraction of sp³-hybridized carbons (Fsp3) is 0. The van der Waals surface area contributed by atoms with Gasteiger partial charge in [0.25, 0.3) is 0 Å². The molecule has 0 spiro atoms. The first-order valence-electron chi connectivity index (χ1n) is 19.8. The lowest BCUT2D eigenvalue weighted by molar-refractivity contribution is 0.669. The van der Waals surface area contributed by atoms with Crippen molar-refractivity contribution in [2.45, 2.75) is 0 Å². The fourth-order valence-corrected chi connectivity index (χ4v) is 8.56. The molecule has 0 atom stereocenters. The third kappa shape index (κ3) is 5.46. The highest BCUT2D eigenvalue weighted by molar-refractivity contribution is 6.10. The summed E-state index contributed by atoms with van der Waals surface area (Å²) >= 11 is 0. The molecule has 12 aromatic rings. The Balaban J connectivity index is 1.01. The zero-order valence-corrected chi connectivity index (χ0v) is 31.7. The van der Waals surface area contributed by atoms with E-state index in [0.29, 0.717) is 5.82 Å². The van der Waals surface area contributed by atoms with Gasteiger partial charge in [0.2, 0.25) is 0 Å². The Hall–Kier alpha value is -8.09. The number of furan rings is 1. The van der Waals surface area contributed by atoms with E-state index in [2.05, 4.69) is 161 Å². The zero-order chi connectivity index (χ0) is 38.9. The summed E-state index contributed by atoms with van der Waals surface area (Å²) in [5.74, 6) is 1.51. The van der Waals surface area contributed by atoms with E-state index in [1.807, 2.05) is 48.5 Å². The van der Waals surface area contributed by atoms with Gasteiger partial charge in [0.15, 0.2) is 5.82 Å². The molecular formula is C53H33N5O. The molecule has 0 unspecified atom stereocenters. The van der Waals surface area contributed by atoms with Crippen molar-refractivity contribution in [3.8, 4) is 56.7 Å². The van der Waals surface area contributed by atoms with E-state index in [1.54, 1.807) is 0 Å². The van der Waals surface area contributed by atoms with Crippen LogP contribution < -0.4 is 0 Å². The summed E-state index contributed by atoms with van der Waals surface area (Å²) in [6, 6.07) is 69.6. The predicted molar refractivity (Wildman–Crippen MR) is 240 cm³/mol. The average Bonchev–Trinajstić information content (AvgIpc) is 3.98. The molecule has 0 bridgehead atoms. The van der Waals surface area contributed by atoms with Crippen LogP contribution in [-0.2, 0) is 0 Å². The van der Waals surface area contributed by atoms with E-state index in [1.165, 1.54) is 21.8 Å². The summed E-state index contributed by atoms with van der Waals surface area (Å²) < 4.78 is 10.9. The number of imidazole rings is 1. The van der Waals surface area contributed by atoms with Gasteiger partial charge in [-0.1, -0.05) is 115 Å². The second-order valence-electron chi connectivity index (χ2n) is 14.9. The molecule has 0 aliphatic carbocycles. The molecule has 4 aromatic heterocycles. The van der Waals surface area contributed by atoms with Crippen molar-refractivity contribution < 1.29 is 4.42 Å². The molecule has 0 aliphatic rings. The number of benzene rings is 8. The lowest BCUT2D eigenvalue weighted by Gasteiger charge is -2.13. The van der Waals surface area contributed by atoms with Crippen LogP contribution >= 0.6 is 0 Å². The average molecular weight is 756 g/mol. The number of para-hydroxylation sites is 3. The van der Waals surface area contributed by atoms with E-state index in [-0.39, 0.29) is 0 Å². The summed E-state index contributed by atoms with van der Waals surface area (Å²) in [6.45, 7) is 0. The van der Waals surface area contributed by atoms with Crippen LogP contribution in [-0.4, -0.2) is 24.1 Å². The Labute approximate surface area is 338 Å². The van der Waals surface area contributed by atoms with Crippen LogP contribution in [0, 0.1) is 0 Å². The summed E-state index contributed by atoms with van der Waals surface area (Å²) in [6.07, 6.45) is 0. The van der Waals surface area contributed by atoms with Crippen LogP contribution in [0.3, 0.4) is 0 Å². The molecule has 4 heterocycles. The molecule has 0 fully saturated rings. The molecule has 0 saturated carbocycles. The molecule has 8 aromatic carbocycles. The topological polar surface area (TPSA) is 61.7 Å². The number of hydrogen-bond acceptors (Lipinski definition) is 4. The third-order valence-electron chi connectivity index (χ3n) is 11.4. The van der Waals surface area contributed by atoms with Crippen LogP contribution in [0.1, 0.15) is 0 Å². The van der Waals surface area contributed by atoms with E-state index in [0.717, 1.165) is 83.8 Å². The number of nitrogens with zero attached hydrogens (tertiary/aromatic N) is 5. The zero-order valence-electron chi connectivity index (χ0n) is 31.7. The summed E-state index contributed by atoms with van der Waals surface area (Å²) in [4.78, 5) is 15.5. The van der Waals surface area contributed by atoms with E-state index in [9.17, 15) is 0 Å². The molecule has 276 valence electrons. The molecular weight excluding hydrogens is 723 g/mol. The van der Waals surface area contributed by atoms with Crippen molar-refractivity contribution >= 4 is 54.8 Å². The van der Waals surface area contributed by atoms with Gasteiger partial charge in [0.1, 0.15) is 17.0 Å². The van der Waals surface area contributed by atoms with Gasteiger partial charge in [-0.05, 0) is 78.9 Å². The minimum absolute atomic E-state index is 0.666. The Morgan fingerprint density at radius 3 is 1.49 bits per heavy atom. The Morgan fingerprint density at radius 1 is 0.339 bits per heavy atom. The molecule has 12 rings (SSSR count). The van der Waals surface area contributed by atoms with Gasteiger partial charge >= 0.3 is 0 Å². The van der Waals surface area contributed by atoms with Gasteiger partial charge in [0, 0.05) is 61.2 Å². The first-order chi connectivity index (χ1) is 29.2. The number of aromatic nitrogens is 5. The Kier molecular flexibility index (Phi) is 7.43. The van der Waals surface area contributed by atoms with Gasteiger partial charge in [-0.3, -0.25) is 4.57 Å². The molecule has 0 N–H and O–H groups in total. The minimum atomic E-state index is 0.666. The van der Waals surface area contributed by atoms with Gasteiger partial charge in [0.05, 0.1) is 33.5 Å². The number of rotatable bonds is 6. The number of fused-ring (bicyclic) bond motifs is 7. The fourth-order valence-electron chi connectivity index (χ4n) is 8.56. The maximum absolute atomic E-state index is 6.33. The lowest BCUT2D eigenvalue weighted by atomic mass is 10.1. The lowest BCUT2D eigenvalue weighted by Crippen LogP contribution is -1.99. The normalized spacial score (nSPS) is 11.7. The number of hydrogen-bond donors (Lipinski definition) is 0. The molecule has 6 nitrogen and oxygen atoms in total. The molecule has 59 heavy (non-hydrogen) atoms. The second kappa shape index (κ2) is 13.3. The Morgan fingerprint density at radius 2 is 0.864 bits per heavy atom. The largest absolute Gasteiger partial charge is 0.456 e. The quantitative estimate of drug-likeness (QED) is 0.170. The van der Waals surface area contributed by atoms with Crippen molar-refractivity contribution in [3.05, 3.63) is 200 Å². The molecule has 0 aliphatic heterocycles. The van der Waals surface area contributed by atoms with Crippen LogP contribution in [0.4, 0.5) is 0 Å². The van der Waals surface area contributed by atoms with E-state index >= 15 is 0 Å². The van der Waals surface area contributed by atoms with Gasteiger partial charge in [-0.15, -0.1) is 0 Å². The molecule has 6 heteroatoms. The maximum atomic E-state index is 6.33. The monoisotopic (exact) mass is 755 g/mol. The smallest absolute Gasteiger partial charge is 0.160 e. The van der Waals surface area contributed by atoms with Crippen molar-refractivity contribution in [1.82, 2.24) is 24.1 Å². The second-order valence-corrected chi connectivity index (χ2v) is 14.9. The van der Waals surface area contributed by atoms with Gasteiger partial charge < -0.3 is 8.98 Å². The predicted octanol–water partition coefficient (Wildman–Crippen LogP) is 13.5. The minimum Gasteiger partial charge on any atom is -0.456 e.